The van der Waals surface area contributed by atoms with Gasteiger partial charge in [0.2, 0.25) is 17.7 Å². The molecule has 0 spiro atoms. The third kappa shape index (κ3) is 7.05. The van der Waals surface area contributed by atoms with Gasteiger partial charge < -0.3 is 25.4 Å². The molecule has 13 nitrogen and oxygen atoms in total. The quantitative estimate of drug-likeness (QED) is 0.220. The van der Waals surface area contributed by atoms with E-state index in [1.54, 1.807) is 24.4 Å². The van der Waals surface area contributed by atoms with Crippen LogP contribution in [0.4, 0.5) is 8.78 Å². The second kappa shape index (κ2) is 15.0. The van der Waals surface area contributed by atoms with Gasteiger partial charge in [0.15, 0.2) is 6.17 Å². The first-order chi connectivity index (χ1) is 25.9. The zero-order valence-corrected chi connectivity index (χ0v) is 29.9. The summed E-state index contributed by atoms with van der Waals surface area (Å²) in [5.41, 5.74) is 7.71. The molecule has 0 bridgehead atoms. The number of imide groups is 1. The number of alkyl halides is 1. The lowest BCUT2D eigenvalue weighted by molar-refractivity contribution is -0.137. The lowest BCUT2D eigenvalue weighted by Gasteiger charge is -2.30. The van der Waals surface area contributed by atoms with E-state index in [-0.39, 0.29) is 60.6 Å². The molecule has 4 aliphatic rings. The maximum Gasteiger partial charge on any atom is 0.255 e. The fourth-order valence-corrected chi connectivity index (χ4v) is 7.83. The number of carbonyl (C=O) groups excluding carboxylic acids is 5. The summed E-state index contributed by atoms with van der Waals surface area (Å²) in [6.45, 7) is 3.63. The van der Waals surface area contributed by atoms with Gasteiger partial charge in [-0.3, -0.25) is 34.2 Å². The summed E-state index contributed by atoms with van der Waals surface area (Å²) >= 11 is 0. The molecule has 2 aromatic carbocycles. The highest BCUT2D eigenvalue weighted by Gasteiger charge is 2.42. The zero-order valence-electron chi connectivity index (χ0n) is 29.9. The normalized spacial score (nSPS) is 23.1. The van der Waals surface area contributed by atoms with E-state index < -0.39 is 53.6 Å². The molecule has 4 aliphatic heterocycles. The summed E-state index contributed by atoms with van der Waals surface area (Å²) < 4.78 is 41.2. The van der Waals surface area contributed by atoms with Gasteiger partial charge in [0.25, 0.3) is 17.7 Å². The van der Waals surface area contributed by atoms with E-state index in [1.807, 2.05) is 6.92 Å². The number of nitrogens with zero attached hydrogens (tertiary/aromatic N) is 3. The summed E-state index contributed by atoms with van der Waals surface area (Å²) in [7, 11) is 1.41. The Bertz CT molecular complexity index is 2130. The molecule has 54 heavy (non-hydrogen) atoms. The number of carbonyl (C=O) groups is 5. The van der Waals surface area contributed by atoms with Gasteiger partial charge in [0.05, 0.1) is 24.3 Å². The molecule has 0 saturated carbocycles. The number of fused-ring (bicyclic) bond motifs is 2. The Hall–Kier alpha value is -5.62. The number of pyridine rings is 1. The fourth-order valence-electron chi connectivity index (χ4n) is 7.83. The molecule has 0 aliphatic carbocycles. The molecule has 1 unspecified atom stereocenters. The Balaban J connectivity index is 1.03. The van der Waals surface area contributed by atoms with E-state index in [2.05, 4.69) is 32.4 Å². The highest BCUT2D eigenvalue weighted by Crippen LogP contribution is 2.34. The predicted octanol–water partition coefficient (Wildman–Crippen LogP) is 2.75. The highest BCUT2D eigenvalue weighted by atomic mass is 19.1. The van der Waals surface area contributed by atoms with Crippen molar-refractivity contribution in [2.45, 2.75) is 70.4 Å². The van der Waals surface area contributed by atoms with Crippen molar-refractivity contribution in [1.29, 1.82) is 0 Å². The standard InChI is InChI=1S/C39H40F2N6O7/c1-3-24-30(44-37(51)34(24)41)19-54-38-27-15-32(53-2)28(35(42)49)13-25(27)21(16-43-38)5-4-20-8-10-46(11-9-20)17-23-12-22-18-47(39(52)26(22)14-29(23)40)31-6-7-33(48)45-36(31)50/h12-16,20,24,30-31,34H,3,6-11,17-19H2,1-2H3,(H2,42,49)(H,44,51)(H,45,48,50)/t24-,30+,31?,34-/m0/s1. The number of piperidine rings is 2. The van der Waals surface area contributed by atoms with Crippen LogP contribution in [0.25, 0.3) is 10.8 Å². The minimum absolute atomic E-state index is 0.00939. The van der Waals surface area contributed by atoms with Crippen molar-refractivity contribution in [2.75, 3.05) is 26.8 Å². The molecular weight excluding hydrogens is 702 g/mol. The van der Waals surface area contributed by atoms with Crippen molar-refractivity contribution >= 4 is 40.3 Å². The monoisotopic (exact) mass is 742 g/mol. The number of nitrogens with two attached hydrogens (primary N) is 1. The second-order valence-corrected chi connectivity index (χ2v) is 14.2. The molecule has 3 aromatic rings. The zero-order chi connectivity index (χ0) is 38.3. The first-order valence-electron chi connectivity index (χ1n) is 18.0. The highest BCUT2D eigenvalue weighted by molar-refractivity contribution is 6.05. The third-order valence-electron chi connectivity index (χ3n) is 10.9. The Morgan fingerprint density at radius 1 is 1.07 bits per heavy atom. The molecule has 1 aromatic heterocycles. The maximum absolute atomic E-state index is 15.3. The summed E-state index contributed by atoms with van der Waals surface area (Å²) in [6, 6.07) is 4.83. The number of primary amides is 1. The van der Waals surface area contributed by atoms with Gasteiger partial charge in [0.1, 0.15) is 24.2 Å². The van der Waals surface area contributed by atoms with E-state index >= 15 is 4.39 Å². The minimum Gasteiger partial charge on any atom is -0.496 e. The summed E-state index contributed by atoms with van der Waals surface area (Å²) in [5.74, 6) is 3.35. The van der Waals surface area contributed by atoms with Crippen LogP contribution >= 0.6 is 0 Å². The molecule has 15 heteroatoms. The largest absolute Gasteiger partial charge is 0.496 e. The number of hydrogen-bond donors (Lipinski definition) is 3. The van der Waals surface area contributed by atoms with Crippen molar-refractivity contribution in [2.24, 2.45) is 17.6 Å². The number of halogens is 2. The predicted molar refractivity (Wildman–Crippen MR) is 190 cm³/mol. The molecule has 3 saturated heterocycles. The number of likely N-dealkylation sites (tertiary alicyclic amines) is 1. The maximum atomic E-state index is 15.3. The van der Waals surface area contributed by atoms with Gasteiger partial charge in [-0.05, 0) is 68.6 Å². The summed E-state index contributed by atoms with van der Waals surface area (Å²) in [6.07, 6.45) is 2.20. The van der Waals surface area contributed by atoms with Crippen LogP contribution in [0.3, 0.4) is 0 Å². The van der Waals surface area contributed by atoms with Crippen molar-refractivity contribution in [1.82, 2.24) is 25.4 Å². The van der Waals surface area contributed by atoms with E-state index in [0.29, 0.717) is 53.5 Å². The topological polar surface area (TPSA) is 173 Å². The first kappa shape index (κ1) is 36.7. The lowest BCUT2D eigenvalue weighted by atomic mass is 9.95. The van der Waals surface area contributed by atoms with Crippen molar-refractivity contribution in [3.8, 4) is 23.5 Å². The van der Waals surface area contributed by atoms with Crippen LogP contribution in [-0.2, 0) is 27.5 Å². The van der Waals surface area contributed by atoms with Crippen LogP contribution in [0.15, 0.2) is 30.5 Å². The molecule has 5 amide bonds. The molecule has 282 valence electrons. The smallest absolute Gasteiger partial charge is 0.255 e. The Labute approximate surface area is 309 Å². The molecule has 5 heterocycles. The third-order valence-corrected chi connectivity index (χ3v) is 10.9. The molecule has 0 radical (unpaired) electrons. The number of methoxy groups -OCH3 is 1. The number of nitrogens with one attached hydrogen (secondary N) is 2. The van der Waals surface area contributed by atoms with Gasteiger partial charge in [0, 0.05) is 59.4 Å². The molecule has 4 N–H and O–H groups in total. The summed E-state index contributed by atoms with van der Waals surface area (Å²) in [5, 5.41) is 6.00. The van der Waals surface area contributed by atoms with E-state index in [9.17, 15) is 28.4 Å². The number of hydrogen-bond acceptors (Lipinski definition) is 9. The number of aromatic nitrogens is 1. The van der Waals surface area contributed by atoms with Crippen LogP contribution < -0.4 is 25.8 Å². The lowest BCUT2D eigenvalue weighted by Crippen LogP contribution is -2.52. The van der Waals surface area contributed by atoms with E-state index in [4.69, 9.17) is 15.2 Å². The fraction of sp³-hybridized carbons (Fsp3) is 0.436. The van der Waals surface area contributed by atoms with Crippen LogP contribution in [0.1, 0.15) is 76.4 Å². The van der Waals surface area contributed by atoms with Gasteiger partial charge in [-0.2, -0.15) is 0 Å². The second-order valence-electron chi connectivity index (χ2n) is 14.2. The Morgan fingerprint density at radius 2 is 1.85 bits per heavy atom. The molecule has 7 rings (SSSR count). The van der Waals surface area contributed by atoms with Crippen molar-refractivity contribution in [3.63, 3.8) is 0 Å². The molecule has 4 atom stereocenters. The number of rotatable bonds is 9. The molecule has 3 fully saturated rings. The van der Waals surface area contributed by atoms with Crippen LogP contribution in [0, 0.1) is 29.5 Å². The first-order valence-corrected chi connectivity index (χ1v) is 18.0. The molecular formula is C39H40F2N6O7. The number of benzene rings is 2. The average Bonchev–Trinajstić information content (AvgIpc) is 3.62. The summed E-state index contributed by atoms with van der Waals surface area (Å²) in [4.78, 5) is 69.4. The Kier molecular flexibility index (Phi) is 10.2. The van der Waals surface area contributed by atoms with Crippen molar-refractivity contribution in [3.05, 3.63) is 64.1 Å². The van der Waals surface area contributed by atoms with Crippen LogP contribution in [-0.4, -0.2) is 89.4 Å². The average molecular weight is 743 g/mol. The van der Waals surface area contributed by atoms with Crippen LogP contribution in [0.2, 0.25) is 0 Å². The van der Waals surface area contributed by atoms with E-state index in [0.717, 1.165) is 12.8 Å². The van der Waals surface area contributed by atoms with Gasteiger partial charge in [-0.25, -0.2) is 13.8 Å². The SMILES string of the molecule is CC[C@@H]1[C@H](F)C(=O)N[C@@H]1COc1ncc(C#CC2CCN(Cc3cc4c(cc3F)C(=O)N(C3CCC(=O)NC3=O)C4)CC2)c2cc(C(N)=O)c(OC)cc12. The number of amides is 5. The van der Waals surface area contributed by atoms with Gasteiger partial charge >= 0.3 is 0 Å². The van der Waals surface area contributed by atoms with Crippen molar-refractivity contribution < 1.29 is 42.2 Å². The van der Waals surface area contributed by atoms with Crippen LogP contribution in [0.5, 0.6) is 11.6 Å². The van der Waals surface area contributed by atoms with Gasteiger partial charge in [-0.1, -0.05) is 18.8 Å². The van der Waals surface area contributed by atoms with Gasteiger partial charge in [-0.15, -0.1) is 0 Å². The van der Waals surface area contributed by atoms with E-state index in [1.165, 1.54) is 18.1 Å². The minimum atomic E-state index is -1.61. The Morgan fingerprint density at radius 3 is 2.56 bits per heavy atom. The number of ether oxygens (including phenoxy) is 2.